The largest absolute Gasteiger partial charge is 0.436 e. The molecule has 300 valence electrons. The number of amides is 3. The summed E-state index contributed by atoms with van der Waals surface area (Å²) in [6.45, 7) is 5.25. The zero-order valence-corrected chi connectivity index (χ0v) is 33.2. The Morgan fingerprint density at radius 3 is 1.81 bits per heavy atom. The van der Waals surface area contributed by atoms with Gasteiger partial charge in [-0.25, -0.2) is 19.7 Å². The van der Waals surface area contributed by atoms with Gasteiger partial charge in [-0.15, -0.1) is 0 Å². The monoisotopic (exact) mass is 776 g/mol. The van der Waals surface area contributed by atoms with Crippen molar-refractivity contribution in [3.8, 4) is 33.6 Å². The normalized spacial score (nSPS) is 17.9. The zero-order valence-electron chi connectivity index (χ0n) is 33.2. The van der Waals surface area contributed by atoms with E-state index < -0.39 is 18.2 Å². The highest BCUT2D eigenvalue weighted by molar-refractivity contribution is 5.84. The van der Waals surface area contributed by atoms with Crippen molar-refractivity contribution >= 4 is 17.9 Å². The van der Waals surface area contributed by atoms with Crippen LogP contribution in [0, 0.1) is 5.92 Å². The van der Waals surface area contributed by atoms with Crippen molar-refractivity contribution < 1.29 is 23.9 Å². The number of likely N-dealkylation sites (tertiary alicyclic amines) is 2. The molecule has 0 radical (unpaired) electrons. The lowest BCUT2D eigenvalue weighted by atomic mass is 10.0. The van der Waals surface area contributed by atoms with Gasteiger partial charge in [0.25, 0.3) is 5.91 Å². The van der Waals surface area contributed by atoms with Gasteiger partial charge in [0.15, 0.2) is 6.10 Å². The van der Waals surface area contributed by atoms with Crippen LogP contribution in [0.15, 0.2) is 73.4 Å². The molecule has 3 amide bonds. The first kappa shape index (κ1) is 39.4. The number of carbonyl (C=O) groups excluding carboxylic acids is 3. The molecule has 4 atom stereocenters. The van der Waals surface area contributed by atoms with E-state index in [1.165, 1.54) is 7.05 Å². The highest BCUT2D eigenvalue weighted by Gasteiger charge is 2.39. The molecule has 15 heteroatoms. The molecule has 2 aliphatic rings. The molecular weight excluding hydrogens is 725 g/mol. The Kier molecular flexibility index (Phi) is 12.1. The van der Waals surface area contributed by atoms with Crippen molar-refractivity contribution in [2.24, 2.45) is 13.0 Å². The van der Waals surface area contributed by atoms with Crippen molar-refractivity contribution in [2.45, 2.75) is 70.2 Å². The van der Waals surface area contributed by atoms with Crippen LogP contribution in [0.25, 0.3) is 33.6 Å². The average molecular weight is 777 g/mol. The summed E-state index contributed by atoms with van der Waals surface area (Å²) in [5, 5.41) is 5.68. The Hall–Kier alpha value is -5.80. The second-order valence-corrected chi connectivity index (χ2v) is 15.1. The van der Waals surface area contributed by atoms with Gasteiger partial charge < -0.3 is 39.1 Å². The average Bonchev–Trinajstić information content (AvgIpc) is 4.08. The van der Waals surface area contributed by atoms with Crippen LogP contribution in [0.3, 0.4) is 0 Å². The number of nitrogens with one attached hydrogen (secondary N) is 4. The highest BCUT2D eigenvalue weighted by Crippen LogP contribution is 2.35. The molecule has 57 heavy (non-hydrogen) atoms. The fourth-order valence-corrected chi connectivity index (χ4v) is 7.84. The molecule has 5 aromatic rings. The molecule has 3 aromatic heterocycles. The highest BCUT2D eigenvalue weighted by atomic mass is 16.6. The van der Waals surface area contributed by atoms with Crippen LogP contribution in [0.2, 0.25) is 0 Å². The number of ether oxygens (including phenoxy) is 2. The lowest BCUT2D eigenvalue weighted by Gasteiger charge is -2.29. The van der Waals surface area contributed by atoms with Crippen molar-refractivity contribution in [3.63, 3.8) is 0 Å². The molecule has 2 aromatic carbocycles. The van der Waals surface area contributed by atoms with E-state index in [2.05, 4.69) is 79.1 Å². The third-order valence-electron chi connectivity index (χ3n) is 10.8. The van der Waals surface area contributed by atoms with Gasteiger partial charge in [0.2, 0.25) is 5.91 Å². The van der Waals surface area contributed by atoms with E-state index in [0.29, 0.717) is 19.5 Å². The number of H-pyrrole nitrogens is 2. The van der Waals surface area contributed by atoms with E-state index in [1.54, 1.807) is 24.5 Å². The summed E-state index contributed by atoms with van der Waals surface area (Å²) in [6, 6.07) is 15.8. The number of benzene rings is 2. The molecule has 15 nitrogen and oxygen atoms in total. The minimum Gasteiger partial charge on any atom is -0.436 e. The van der Waals surface area contributed by atoms with E-state index in [4.69, 9.17) is 14.5 Å². The maximum Gasteiger partial charge on any atom is 0.407 e. The summed E-state index contributed by atoms with van der Waals surface area (Å²) >= 11 is 0. The number of rotatable bonds is 14. The van der Waals surface area contributed by atoms with E-state index in [1.807, 2.05) is 42.8 Å². The SMILES string of the molecule is CNC(=O)O[C@H](C(=O)N1CCC[C@H]1c1ncc(-c2ccc(-c3ccc(-c4cnc([C@@H]5CCCN5C(=O)[C@H](Cc5cn(C)cn5)NCOC)[nH]4)cc3)cc2)[nH]1)C(C)C. The first-order chi connectivity index (χ1) is 27.6. The molecule has 2 fully saturated rings. The summed E-state index contributed by atoms with van der Waals surface area (Å²) in [5.41, 5.74) is 6.73. The minimum atomic E-state index is -0.870. The summed E-state index contributed by atoms with van der Waals surface area (Å²) in [5.74, 6) is 1.14. The standard InChI is InChI=1S/C42H52N10O5/c1-26(2)37(57-42(55)43-3)41(54)52-19-7-9-36(52)39-45-22-34(49-39)30-16-12-28(13-17-30)27-10-14-29(15-11-27)33-21-44-38(48-33)35-8-6-18-51(35)40(53)32(47-25-56-5)20-31-23-50(4)24-46-31/h10-17,21-24,26,32,35-37,47H,6-9,18-20,25H2,1-5H3,(H,43,55)(H,44,48)(H,45,49)/t32-,35-,36-,37-/m0/s1. The first-order valence-corrected chi connectivity index (χ1v) is 19.6. The number of nitrogens with zero attached hydrogens (tertiary/aromatic N) is 6. The van der Waals surface area contributed by atoms with E-state index in [9.17, 15) is 14.4 Å². The summed E-state index contributed by atoms with van der Waals surface area (Å²) < 4.78 is 12.6. The van der Waals surface area contributed by atoms with Gasteiger partial charge in [0.1, 0.15) is 11.6 Å². The van der Waals surface area contributed by atoms with Crippen LogP contribution in [-0.2, 0) is 32.5 Å². The lowest BCUT2D eigenvalue weighted by molar-refractivity contribution is -0.143. The molecule has 0 unspecified atom stereocenters. The summed E-state index contributed by atoms with van der Waals surface area (Å²) in [4.78, 5) is 63.8. The minimum absolute atomic E-state index is 0.0136. The van der Waals surface area contributed by atoms with Gasteiger partial charge in [-0.2, -0.15) is 0 Å². The number of alkyl carbamates (subject to hydrolysis) is 1. The molecule has 2 saturated heterocycles. The Balaban J connectivity index is 0.994. The van der Waals surface area contributed by atoms with E-state index in [0.717, 1.165) is 76.7 Å². The predicted octanol–water partition coefficient (Wildman–Crippen LogP) is 5.38. The second kappa shape index (κ2) is 17.6. The number of aromatic amines is 2. The van der Waals surface area contributed by atoms with Gasteiger partial charge in [0, 0.05) is 46.9 Å². The summed E-state index contributed by atoms with van der Waals surface area (Å²) in [7, 11) is 5.00. The first-order valence-electron chi connectivity index (χ1n) is 19.6. The molecule has 4 N–H and O–H groups in total. The van der Waals surface area contributed by atoms with E-state index >= 15 is 0 Å². The van der Waals surface area contributed by atoms with Gasteiger partial charge in [0.05, 0.1) is 60.7 Å². The third kappa shape index (κ3) is 8.79. The van der Waals surface area contributed by atoms with Crippen LogP contribution in [0.4, 0.5) is 4.79 Å². The van der Waals surface area contributed by atoms with Crippen LogP contribution >= 0.6 is 0 Å². The van der Waals surface area contributed by atoms with Gasteiger partial charge >= 0.3 is 6.09 Å². The van der Waals surface area contributed by atoms with Crippen molar-refractivity contribution in [2.75, 3.05) is 34.0 Å². The Morgan fingerprint density at radius 1 is 0.807 bits per heavy atom. The number of aromatic nitrogens is 6. The zero-order chi connectivity index (χ0) is 40.1. The van der Waals surface area contributed by atoms with Crippen LogP contribution in [0.1, 0.15) is 69.0 Å². The number of aryl methyl sites for hydroxylation is 1. The number of carbonyl (C=O) groups is 3. The molecule has 5 heterocycles. The lowest BCUT2D eigenvalue weighted by Crippen LogP contribution is -2.48. The van der Waals surface area contributed by atoms with Gasteiger partial charge in [-0.3, -0.25) is 14.9 Å². The summed E-state index contributed by atoms with van der Waals surface area (Å²) in [6.07, 6.45) is 9.65. The topological polar surface area (TPSA) is 175 Å². The molecule has 0 spiro atoms. The van der Waals surface area contributed by atoms with Gasteiger partial charge in [-0.05, 0) is 53.9 Å². The molecule has 2 aliphatic heterocycles. The number of hydrogen-bond donors (Lipinski definition) is 4. The number of imidazole rings is 3. The van der Waals surface area contributed by atoms with Crippen LogP contribution in [-0.4, -0.2) is 103 Å². The quantitative estimate of drug-likeness (QED) is 0.108. The maximum absolute atomic E-state index is 13.9. The van der Waals surface area contributed by atoms with Gasteiger partial charge in [-0.1, -0.05) is 62.4 Å². The number of methoxy groups -OCH3 is 1. The smallest absolute Gasteiger partial charge is 0.407 e. The Morgan fingerprint density at radius 2 is 1.33 bits per heavy atom. The van der Waals surface area contributed by atoms with Crippen molar-refractivity contribution in [1.29, 1.82) is 0 Å². The predicted molar refractivity (Wildman–Crippen MR) is 214 cm³/mol. The Labute approximate surface area is 332 Å². The maximum atomic E-state index is 13.9. The van der Waals surface area contributed by atoms with Crippen LogP contribution in [0.5, 0.6) is 0 Å². The fourth-order valence-electron chi connectivity index (χ4n) is 7.84. The molecule has 7 rings (SSSR count). The molecule has 0 aliphatic carbocycles. The molecular formula is C42H52N10O5. The fraction of sp³-hybridized carbons (Fsp3) is 0.429. The molecule has 0 bridgehead atoms. The van der Waals surface area contributed by atoms with Crippen molar-refractivity contribution in [3.05, 3.63) is 90.8 Å². The Bertz CT molecular complexity index is 2140. The number of hydrogen-bond acceptors (Lipinski definition) is 9. The molecule has 0 saturated carbocycles. The van der Waals surface area contributed by atoms with Crippen LogP contribution < -0.4 is 10.6 Å². The van der Waals surface area contributed by atoms with Crippen molar-refractivity contribution in [1.82, 2.24) is 49.9 Å². The second-order valence-electron chi connectivity index (χ2n) is 15.1. The third-order valence-corrected chi connectivity index (χ3v) is 10.8. The van der Waals surface area contributed by atoms with E-state index in [-0.39, 0.29) is 36.5 Å².